The van der Waals surface area contributed by atoms with Gasteiger partial charge >= 0.3 is 0 Å². The summed E-state index contributed by atoms with van der Waals surface area (Å²) in [5.74, 6) is 0.690. The monoisotopic (exact) mass is 278 g/mol. The van der Waals surface area contributed by atoms with Crippen molar-refractivity contribution in [2.45, 2.75) is 44.7 Å². The Morgan fingerprint density at radius 3 is 2.60 bits per heavy atom. The van der Waals surface area contributed by atoms with Gasteiger partial charge in [-0.3, -0.25) is 10.1 Å². The van der Waals surface area contributed by atoms with Crippen LogP contribution in [0.2, 0.25) is 0 Å². The summed E-state index contributed by atoms with van der Waals surface area (Å²) in [6.07, 6.45) is 6.04. The van der Waals surface area contributed by atoms with E-state index in [1.807, 2.05) is 14.1 Å². The van der Waals surface area contributed by atoms with Crippen molar-refractivity contribution in [1.82, 2.24) is 10.3 Å². The first-order valence-corrected chi connectivity index (χ1v) is 7.04. The van der Waals surface area contributed by atoms with Crippen LogP contribution in [0.3, 0.4) is 0 Å². The van der Waals surface area contributed by atoms with Crippen molar-refractivity contribution < 1.29 is 4.92 Å². The van der Waals surface area contributed by atoms with E-state index in [4.69, 9.17) is 0 Å². The molecular formula is C14H22N4O2. The second kappa shape index (κ2) is 6.17. The van der Waals surface area contributed by atoms with E-state index in [1.54, 1.807) is 19.2 Å². The van der Waals surface area contributed by atoms with Crippen LogP contribution in [0.1, 0.15) is 31.2 Å². The molecule has 1 aliphatic rings. The Morgan fingerprint density at radius 2 is 2.05 bits per heavy atom. The topological polar surface area (TPSA) is 71.3 Å². The highest BCUT2D eigenvalue weighted by atomic mass is 16.6. The number of hydrogen-bond donors (Lipinski definition) is 1. The lowest BCUT2D eigenvalue weighted by atomic mass is 9.90. The van der Waals surface area contributed by atoms with Crippen LogP contribution in [0.4, 0.5) is 11.5 Å². The fourth-order valence-electron chi connectivity index (χ4n) is 2.83. The van der Waals surface area contributed by atoms with Gasteiger partial charge in [-0.2, -0.15) is 0 Å². The van der Waals surface area contributed by atoms with Crippen LogP contribution in [0.25, 0.3) is 0 Å². The van der Waals surface area contributed by atoms with Crippen molar-refractivity contribution in [1.29, 1.82) is 0 Å². The van der Waals surface area contributed by atoms with Crippen LogP contribution in [-0.4, -0.2) is 36.1 Å². The molecule has 1 saturated carbocycles. The summed E-state index contributed by atoms with van der Waals surface area (Å²) in [4.78, 5) is 17.1. The molecule has 1 aromatic heterocycles. The number of nitro groups is 1. The molecule has 1 aliphatic carbocycles. The molecule has 1 N–H and O–H groups in total. The number of anilines is 1. The van der Waals surface area contributed by atoms with Crippen LogP contribution >= 0.6 is 0 Å². The maximum absolute atomic E-state index is 11.0. The predicted octanol–water partition coefficient (Wildman–Crippen LogP) is 2.27. The van der Waals surface area contributed by atoms with E-state index in [2.05, 4.69) is 15.2 Å². The first-order chi connectivity index (χ1) is 9.52. The molecule has 1 heterocycles. The zero-order valence-electron chi connectivity index (χ0n) is 12.3. The lowest BCUT2D eigenvalue weighted by Gasteiger charge is -2.35. The number of rotatable bonds is 4. The summed E-state index contributed by atoms with van der Waals surface area (Å²) >= 11 is 0. The van der Waals surface area contributed by atoms with E-state index in [0.717, 1.165) is 25.7 Å². The summed E-state index contributed by atoms with van der Waals surface area (Å²) in [5.41, 5.74) is 0.747. The van der Waals surface area contributed by atoms with E-state index in [1.165, 1.54) is 0 Å². The zero-order chi connectivity index (χ0) is 14.7. The van der Waals surface area contributed by atoms with Crippen molar-refractivity contribution in [3.8, 4) is 0 Å². The molecular weight excluding hydrogens is 256 g/mol. The van der Waals surface area contributed by atoms with Gasteiger partial charge in [0.1, 0.15) is 5.82 Å². The van der Waals surface area contributed by atoms with Gasteiger partial charge < -0.3 is 10.2 Å². The van der Waals surface area contributed by atoms with Gasteiger partial charge in [-0.25, -0.2) is 4.98 Å². The number of pyridine rings is 1. The second-order valence-electron chi connectivity index (χ2n) is 5.49. The highest BCUT2D eigenvalue weighted by molar-refractivity contribution is 5.50. The Balaban J connectivity index is 2.11. The van der Waals surface area contributed by atoms with Gasteiger partial charge in [0.05, 0.1) is 11.0 Å². The average Bonchev–Trinajstić information content (AvgIpc) is 2.47. The molecule has 6 nitrogen and oxygen atoms in total. The van der Waals surface area contributed by atoms with Gasteiger partial charge in [-0.15, -0.1) is 0 Å². The number of aromatic nitrogens is 1. The molecule has 0 aliphatic heterocycles. The molecule has 0 bridgehead atoms. The largest absolute Gasteiger partial charge is 0.356 e. The van der Waals surface area contributed by atoms with Crippen molar-refractivity contribution in [3.63, 3.8) is 0 Å². The van der Waals surface area contributed by atoms with Crippen molar-refractivity contribution in [2.75, 3.05) is 19.0 Å². The molecule has 1 aromatic rings. The minimum absolute atomic E-state index is 0.144. The van der Waals surface area contributed by atoms with E-state index in [0.29, 0.717) is 23.5 Å². The standard InChI is InChI=1S/C14H22N4O2/c1-10-9-16-14(8-13(10)18(19)20)17(3)12-6-4-11(15-2)5-7-12/h8-9,11-12,15H,4-7H2,1-3H3. The molecule has 0 amide bonds. The predicted molar refractivity (Wildman–Crippen MR) is 79.1 cm³/mol. The van der Waals surface area contributed by atoms with Crippen molar-refractivity contribution in [3.05, 3.63) is 27.9 Å². The van der Waals surface area contributed by atoms with Gasteiger partial charge in [0, 0.05) is 30.9 Å². The van der Waals surface area contributed by atoms with Gasteiger partial charge in [0.15, 0.2) is 0 Å². The highest BCUT2D eigenvalue weighted by Gasteiger charge is 2.25. The van der Waals surface area contributed by atoms with E-state index >= 15 is 0 Å². The molecule has 0 atom stereocenters. The highest BCUT2D eigenvalue weighted by Crippen LogP contribution is 2.28. The minimum atomic E-state index is -0.341. The number of nitrogens with zero attached hydrogens (tertiary/aromatic N) is 3. The fourth-order valence-corrected chi connectivity index (χ4v) is 2.83. The van der Waals surface area contributed by atoms with E-state index in [9.17, 15) is 10.1 Å². The number of hydrogen-bond acceptors (Lipinski definition) is 5. The summed E-state index contributed by atoms with van der Waals surface area (Å²) in [7, 11) is 3.98. The van der Waals surface area contributed by atoms with E-state index < -0.39 is 0 Å². The first-order valence-electron chi connectivity index (χ1n) is 7.04. The molecule has 110 valence electrons. The maximum Gasteiger partial charge on any atom is 0.277 e. The third kappa shape index (κ3) is 3.07. The van der Waals surface area contributed by atoms with Gasteiger partial charge in [0.2, 0.25) is 0 Å². The first kappa shape index (κ1) is 14.7. The molecule has 0 spiro atoms. The molecule has 2 rings (SSSR count). The lowest BCUT2D eigenvalue weighted by Crippen LogP contribution is -2.40. The van der Waals surface area contributed by atoms with Crippen LogP contribution < -0.4 is 10.2 Å². The third-order valence-electron chi connectivity index (χ3n) is 4.27. The Kier molecular flexibility index (Phi) is 4.54. The van der Waals surface area contributed by atoms with Crippen LogP contribution in [0.15, 0.2) is 12.3 Å². The Morgan fingerprint density at radius 1 is 1.40 bits per heavy atom. The minimum Gasteiger partial charge on any atom is -0.356 e. The Bertz CT molecular complexity index is 484. The number of aryl methyl sites for hydroxylation is 1. The van der Waals surface area contributed by atoms with Crippen molar-refractivity contribution >= 4 is 11.5 Å². The third-order valence-corrected chi connectivity index (χ3v) is 4.27. The molecule has 0 radical (unpaired) electrons. The normalized spacial score (nSPS) is 22.6. The molecule has 1 fully saturated rings. The van der Waals surface area contributed by atoms with Gasteiger partial charge in [-0.1, -0.05) is 0 Å². The lowest BCUT2D eigenvalue weighted by molar-refractivity contribution is -0.385. The summed E-state index contributed by atoms with van der Waals surface area (Å²) in [6.45, 7) is 1.72. The quantitative estimate of drug-likeness (QED) is 0.675. The molecule has 0 unspecified atom stereocenters. The van der Waals surface area contributed by atoms with Gasteiger partial charge in [-0.05, 0) is 39.7 Å². The molecule has 0 saturated heterocycles. The summed E-state index contributed by atoms with van der Waals surface area (Å²) < 4.78 is 0. The smallest absolute Gasteiger partial charge is 0.277 e. The fraction of sp³-hybridized carbons (Fsp3) is 0.643. The summed E-state index contributed by atoms with van der Waals surface area (Å²) in [5, 5.41) is 14.3. The zero-order valence-corrected chi connectivity index (χ0v) is 12.3. The van der Waals surface area contributed by atoms with Gasteiger partial charge in [0.25, 0.3) is 5.69 Å². The number of nitrogens with one attached hydrogen (secondary N) is 1. The van der Waals surface area contributed by atoms with Crippen molar-refractivity contribution in [2.24, 2.45) is 0 Å². The SMILES string of the molecule is CNC1CCC(N(C)c2cc([N+](=O)[O-])c(C)cn2)CC1. The summed E-state index contributed by atoms with van der Waals surface area (Å²) in [6, 6.07) is 2.59. The Labute approximate surface area is 119 Å². The molecule has 6 heteroatoms. The second-order valence-corrected chi connectivity index (χ2v) is 5.49. The Hall–Kier alpha value is -1.69. The molecule has 20 heavy (non-hydrogen) atoms. The van der Waals surface area contributed by atoms with Crippen LogP contribution in [-0.2, 0) is 0 Å². The average molecular weight is 278 g/mol. The van der Waals surface area contributed by atoms with Crippen LogP contribution in [0.5, 0.6) is 0 Å². The maximum atomic E-state index is 11.0. The molecule has 0 aromatic carbocycles. The van der Waals surface area contributed by atoms with E-state index in [-0.39, 0.29) is 10.6 Å². The van der Waals surface area contributed by atoms with Crippen LogP contribution in [0, 0.1) is 17.0 Å².